The first-order chi connectivity index (χ1) is 7.35. The fourth-order valence-corrected chi connectivity index (χ4v) is 1.57. The summed E-state index contributed by atoms with van der Waals surface area (Å²) in [5, 5.41) is 0. The van der Waals surface area contributed by atoms with Crippen LogP contribution in [0.25, 0.3) is 0 Å². The van der Waals surface area contributed by atoms with Gasteiger partial charge in [0.15, 0.2) is 6.29 Å². The SMILES string of the molecule is CCCCCCCCOC(CC)OCC. The topological polar surface area (TPSA) is 18.5 Å². The van der Waals surface area contributed by atoms with Crippen molar-refractivity contribution in [3.63, 3.8) is 0 Å². The van der Waals surface area contributed by atoms with Crippen LogP contribution in [0.3, 0.4) is 0 Å². The molecule has 2 heteroatoms. The zero-order valence-corrected chi connectivity index (χ0v) is 10.8. The maximum Gasteiger partial charge on any atom is 0.157 e. The smallest absolute Gasteiger partial charge is 0.157 e. The fraction of sp³-hybridized carbons (Fsp3) is 1.00. The van der Waals surface area contributed by atoms with Gasteiger partial charge >= 0.3 is 0 Å². The lowest BCUT2D eigenvalue weighted by atomic mass is 10.1. The van der Waals surface area contributed by atoms with Gasteiger partial charge < -0.3 is 9.47 Å². The second-order valence-corrected chi connectivity index (χ2v) is 3.93. The van der Waals surface area contributed by atoms with Crippen molar-refractivity contribution < 1.29 is 9.47 Å². The van der Waals surface area contributed by atoms with Crippen LogP contribution < -0.4 is 0 Å². The Balaban J connectivity index is 3.14. The normalized spacial score (nSPS) is 13.0. The van der Waals surface area contributed by atoms with Crippen molar-refractivity contribution in [1.82, 2.24) is 0 Å². The predicted molar refractivity (Wildman–Crippen MR) is 65.0 cm³/mol. The van der Waals surface area contributed by atoms with Crippen molar-refractivity contribution in [2.45, 2.75) is 72.0 Å². The van der Waals surface area contributed by atoms with Crippen LogP contribution in [0, 0.1) is 0 Å². The van der Waals surface area contributed by atoms with E-state index in [9.17, 15) is 0 Å². The minimum atomic E-state index is 0.0191. The quantitative estimate of drug-likeness (QED) is 0.382. The second kappa shape index (κ2) is 12.0. The molecule has 0 rings (SSSR count). The van der Waals surface area contributed by atoms with Crippen molar-refractivity contribution in [3.8, 4) is 0 Å². The lowest BCUT2D eigenvalue weighted by Gasteiger charge is -2.15. The molecule has 0 radical (unpaired) electrons. The van der Waals surface area contributed by atoms with Gasteiger partial charge in [-0.3, -0.25) is 0 Å². The minimum absolute atomic E-state index is 0.0191. The Morgan fingerprint density at radius 3 is 2.07 bits per heavy atom. The van der Waals surface area contributed by atoms with Crippen molar-refractivity contribution in [2.75, 3.05) is 13.2 Å². The van der Waals surface area contributed by atoms with Gasteiger partial charge in [-0.15, -0.1) is 0 Å². The zero-order chi connectivity index (χ0) is 11.4. The Kier molecular flexibility index (Phi) is 11.9. The van der Waals surface area contributed by atoms with Crippen molar-refractivity contribution in [2.24, 2.45) is 0 Å². The van der Waals surface area contributed by atoms with Crippen LogP contribution in [0.4, 0.5) is 0 Å². The molecule has 0 saturated carbocycles. The van der Waals surface area contributed by atoms with Gasteiger partial charge in [-0.05, 0) is 19.8 Å². The molecule has 1 atom stereocenters. The maximum atomic E-state index is 5.62. The summed E-state index contributed by atoms with van der Waals surface area (Å²) >= 11 is 0. The average Bonchev–Trinajstić information content (AvgIpc) is 2.26. The molecule has 15 heavy (non-hydrogen) atoms. The molecule has 92 valence electrons. The van der Waals surface area contributed by atoms with Gasteiger partial charge in [0.25, 0.3) is 0 Å². The van der Waals surface area contributed by atoms with Crippen molar-refractivity contribution >= 4 is 0 Å². The Morgan fingerprint density at radius 1 is 0.800 bits per heavy atom. The van der Waals surface area contributed by atoms with Gasteiger partial charge in [-0.1, -0.05) is 46.0 Å². The number of hydrogen-bond donors (Lipinski definition) is 0. The third-order valence-electron chi connectivity index (χ3n) is 2.49. The highest BCUT2D eigenvalue weighted by molar-refractivity contribution is 4.45. The number of ether oxygens (including phenoxy) is 2. The van der Waals surface area contributed by atoms with Crippen molar-refractivity contribution in [3.05, 3.63) is 0 Å². The van der Waals surface area contributed by atoms with E-state index >= 15 is 0 Å². The largest absolute Gasteiger partial charge is 0.353 e. The molecular formula is C13H28O2. The van der Waals surface area contributed by atoms with Gasteiger partial charge in [-0.2, -0.15) is 0 Å². The first kappa shape index (κ1) is 14.9. The highest BCUT2D eigenvalue weighted by Crippen LogP contribution is 2.07. The van der Waals surface area contributed by atoms with Crippen LogP contribution in [-0.2, 0) is 9.47 Å². The molecule has 0 N–H and O–H groups in total. The van der Waals surface area contributed by atoms with Crippen LogP contribution in [0.5, 0.6) is 0 Å². The van der Waals surface area contributed by atoms with E-state index < -0.39 is 0 Å². The van der Waals surface area contributed by atoms with E-state index in [1.807, 2.05) is 6.92 Å². The van der Waals surface area contributed by atoms with Gasteiger partial charge in [0.1, 0.15) is 0 Å². The summed E-state index contributed by atoms with van der Waals surface area (Å²) in [4.78, 5) is 0. The molecular weight excluding hydrogens is 188 g/mol. The molecule has 0 heterocycles. The molecule has 0 aliphatic heterocycles. The second-order valence-electron chi connectivity index (χ2n) is 3.93. The molecule has 0 fully saturated rings. The Hall–Kier alpha value is -0.0800. The molecule has 0 aromatic rings. The summed E-state index contributed by atoms with van der Waals surface area (Å²) in [6, 6.07) is 0. The van der Waals surface area contributed by atoms with Crippen LogP contribution in [0.2, 0.25) is 0 Å². The fourth-order valence-electron chi connectivity index (χ4n) is 1.57. The minimum Gasteiger partial charge on any atom is -0.353 e. The van der Waals surface area contributed by atoms with Crippen LogP contribution >= 0.6 is 0 Å². The summed E-state index contributed by atoms with van der Waals surface area (Å²) in [6.07, 6.45) is 8.85. The zero-order valence-electron chi connectivity index (χ0n) is 10.8. The number of hydrogen-bond acceptors (Lipinski definition) is 2. The Bertz CT molecular complexity index is 115. The van der Waals surface area contributed by atoms with Crippen LogP contribution in [-0.4, -0.2) is 19.5 Å². The standard InChI is InChI=1S/C13H28O2/c1-4-7-8-9-10-11-12-15-13(5-2)14-6-3/h13H,4-12H2,1-3H3. The average molecular weight is 216 g/mol. The van der Waals surface area contributed by atoms with E-state index in [4.69, 9.17) is 9.47 Å². The molecule has 0 aromatic heterocycles. The molecule has 0 amide bonds. The van der Waals surface area contributed by atoms with Crippen LogP contribution in [0.15, 0.2) is 0 Å². The first-order valence-corrected chi connectivity index (χ1v) is 6.58. The van der Waals surface area contributed by atoms with Gasteiger partial charge in [0, 0.05) is 13.2 Å². The maximum absolute atomic E-state index is 5.62. The van der Waals surface area contributed by atoms with E-state index in [-0.39, 0.29) is 6.29 Å². The van der Waals surface area contributed by atoms with Gasteiger partial charge in [0.2, 0.25) is 0 Å². The number of rotatable bonds is 11. The highest BCUT2D eigenvalue weighted by Gasteiger charge is 2.03. The summed E-state index contributed by atoms with van der Waals surface area (Å²) in [6.45, 7) is 7.95. The first-order valence-electron chi connectivity index (χ1n) is 6.58. The van der Waals surface area contributed by atoms with E-state index in [0.29, 0.717) is 0 Å². The lowest BCUT2D eigenvalue weighted by Crippen LogP contribution is -2.16. The molecule has 0 aliphatic rings. The monoisotopic (exact) mass is 216 g/mol. The van der Waals surface area contributed by atoms with E-state index in [1.54, 1.807) is 0 Å². The van der Waals surface area contributed by atoms with Gasteiger partial charge in [0.05, 0.1) is 0 Å². The van der Waals surface area contributed by atoms with E-state index in [1.165, 1.54) is 38.5 Å². The summed E-state index contributed by atoms with van der Waals surface area (Å²) in [7, 11) is 0. The van der Waals surface area contributed by atoms with E-state index in [2.05, 4.69) is 13.8 Å². The molecule has 0 spiro atoms. The molecule has 0 saturated heterocycles. The lowest BCUT2D eigenvalue weighted by molar-refractivity contribution is -0.140. The number of unbranched alkanes of at least 4 members (excludes halogenated alkanes) is 5. The van der Waals surface area contributed by atoms with Crippen LogP contribution in [0.1, 0.15) is 65.7 Å². The Labute approximate surface area is 95.3 Å². The summed E-state index contributed by atoms with van der Waals surface area (Å²) in [5.74, 6) is 0. The molecule has 0 aliphatic carbocycles. The molecule has 0 aromatic carbocycles. The molecule has 0 bridgehead atoms. The molecule has 2 nitrogen and oxygen atoms in total. The van der Waals surface area contributed by atoms with Crippen molar-refractivity contribution in [1.29, 1.82) is 0 Å². The third-order valence-corrected chi connectivity index (χ3v) is 2.49. The summed E-state index contributed by atoms with van der Waals surface area (Å²) < 4.78 is 11.0. The Morgan fingerprint density at radius 2 is 1.47 bits per heavy atom. The third kappa shape index (κ3) is 10.2. The predicted octanol–water partition coefficient (Wildman–Crippen LogP) is 4.14. The van der Waals surface area contributed by atoms with Gasteiger partial charge in [-0.25, -0.2) is 0 Å². The van der Waals surface area contributed by atoms with E-state index in [0.717, 1.165) is 19.6 Å². The highest BCUT2D eigenvalue weighted by atomic mass is 16.7. The molecule has 1 unspecified atom stereocenters. The summed E-state index contributed by atoms with van der Waals surface area (Å²) in [5.41, 5.74) is 0.